The number of sulfonamides is 1. The molecule has 0 aliphatic carbocycles. The number of rotatable bonds is 10. The lowest BCUT2D eigenvalue weighted by Crippen LogP contribution is -2.48. The first-order chi connectivity index (χ1) is 13.7. The molecule has 0 fully saturated rings. The van der Waals surface area contributed by atoms with Gasteiger partial charge < -0.3 is 10.1 Å². The van der Waals surface area contributed by atoms with Crippen LogP contribution in [0.15, 0.2) is 48.5 Å². The topological polar surface area (TPSA) is 75.7 Å². The van der Waals surface area contributed by atoms with Crippen molar-refractivity contribution in [1.82, 2.24) is 5.32 Å². The van der Waals surface area contributed by atoms with Crippen LogP contribution in [0.25, 0.3) is 0 Å². The highest BCUT2D eigenvalue weighted by atomic mass is 32.2. The quantitative estimate of drug-likeness (QED) is 0.601. The second kappa shape index (κ2) is 10.3. The van der Waals surface area contributed by atoms with Gasteiger partial charge >= 0.3 is 0 Å². The van der Waals surface area contributed by atoms with E-state index >= 15 is 0 Å². The van der Waals surface area contributed by atoms with Gasteiger partial charge in [-0.15, -0.1) is 0 Å². The summed E-state index contributed by atoms with van der Waals surface area (Å²) in [6.07, 6.45) is 2.61. The van der Waals surface area contributed by atoms with E-state index < -0.39 is 16.1 Å². The SMILES string of the molecule is CCOc1ccccc1CCCNC(=O)C(C)N(c1cccc(C)c1)S(C)(=O)=O. The zero-order valence-electron chi connectivity index (χ0n) is 17.5. The Labute approximate surface area is 173 Å². The Morgan fingerprint density at radius 2 is 1.90 bits per heavy atom. The van der Waals surface area contributed by atoms with Crippen LogP contribution in [0.5, 0.6) is 5.75 Å². The molecule has 1 unspecified atom stereocenters. The first kappa shape index (κ1) is 22.7. The van der Waals surface area contributed by atoms with Gasteiger partial charge in [-0.25, -0.2) is 8.42 Å². The summed E-state index contributed by atoms with van der Waals surface area (Å²) >= 11 is 0. The molecule has 29 heavy (non-hydrogen) atoms. The van der Waals surface area contributed by atoms with Crippen molar-refractivity contribution in [3.63, 3.8) is 0 Å². The largest absolute Gasteiger partial charge is 0.494 e. The molecule has 2 rings (SSSR count). The van der Waals surface area contributed by atoms with Gasteiger partial charge in [0.1, 0.15) is 11.8 Å². The lowest BCUT2D eigenvalue weighted by Gasteiger charge is -2.28. The van der Waals surface area contributed by atoms with Crippen molar-refractivity contribution >= 4 is 21.6 Å². The molecule has 158 valence electrons. The maximum atomic E-state index is 12.6. The lowest BCUT2D eigenvalue weighted by atomic mass is 10.1. The fourth-order valence-electron chi connectivity index (χ4n) is 3.22. The maximum absolute atomic E-state index is 12.6. The molecule has 0 saturated heterocycles. The van der Waals surface area contributed by atoms with E-state index in [4.69, 9.17) is 4.74 Å². The van der Waals surface area contributed by atoms with Gasteiger partial charge in [0.15, 0.2) is 0 Å². The number of para-hydroxylation sites is 1. The van der Waals surface area contributed by atoms with E-state index in [2.05, 4.69) is 5.32 Å². The molecule has 0 aromatic heterocycles. The molecule has 1 atom stereocenters. The van der Waals surface area contributed by atoms with Crippen LogP contribution in [0.3, 0.4) is 0 Å². The summed E-state index contributed by atoms with van der Waals surface area (Å²) in [7, 11) is -3.61. The molecule has 0 spiro atoms. The minimum atomic E-state index is -3.61. The summed E-state index contributed by atoms with van der Waals surface area (Å²) in [5, 5.41) is 2.86. The average molecular weight is 419 g/mol. The van der Waals surface area contributed by atoms with E-state index in [1.54, 1.807) is 25.1 Å². The van der Waals surface area contributed by atoms with Gasteiger partial charge in [0.2, 0.25) is 15.9 Å². The van der Waals surface area contributed by atoms with Crippen LogP contribution in [0.4, 0.5) is 5.69 Å². The minimum Gasteiger partial charge on any atom is -0.494 e. The molecule has 0 heterocycles. The Hall–Kier alpha value is -2.54. The van der Waals surface area contributed by atoms with Gasteiger partial charge in [-0.2, -0.15) is 0 Å². The van der Waals surface area contributed by atoms with E-state index in [0.717, 1.165) is 36.0 Å². The third kappa shape index (κ3) is 6.49. The van der Waals surface area contributed by atoms with Gasteiger partial charge in [0, 0.05) is 6.54 Å². The van der Waals surface area contributed by atoms with Crippen molar-refractivity contribution in [2.45, 2.75) is 39.7 Å². The highest BCUT2D eigenvalue weighted by Crippen LogP contribution is 2.22. The Morgan fingerprint density at radius 1 is 1.17 bits per heavy atom. The maximum Gasteiger partial charge on any atom is 0.243 e. The van der Waals surface area contributed by atoms with Crippen LogP contribution in [-0.4, -0.2) is 39.8 Å². The second-order valence-corrected chi connectivity index (χ2v) is 8.87. The third-order valence-corrected chi connectivity index (χ3v) is 5.78. The second-order valence-electron chi connectivity index (χ2n) is 7.01. The Morgan fingerprint density at radius 3 is 2.55 bits per heavy atom. The van der Waals surface area contributed by atoms with Crippen LogP contribution in [-0.2, 0) is 21.2 Å². The highest BCUT2D eigenvalue weighted by molar-refractivity contribution is 7.92. The zero-order chi connectivity index (χ0) is 21.4. The summed E-state index contributed by atoms with van der Waals surface area (Å²) < 4.78 is 31.5. The fourth-order valence-corrected chi connectivity index (χ4v) is 4.39. The van der Waals surface area contributed by atoms with Crippen LogP contribution >= 0.6 is 0 Å². The number of benzene rings is 2. The summed E-state index contributed by atoms with van der Waals surface area (Å²) in [5.41, 5.74) is 2.51. The number of hydrogen-bond donors (Lipinski definition) is 1. The van der Waals surface area contributed by atoms with Crippen molar-refractivity contribution in [3.05, 3.63) is 59.7 Å². The predicted molar refractivity (Wildman–Crippen MR) is 117 cm³/mol. The third-order valence-electron chi connectivity index (χ3n) is 4.54. The predicted octanol–water partition coefficient (Wildman–Crippen LogP) is 3.30. The van der Waals surface area contributed by atoms with Gasteiger partial charge in [-0.3, -0.25) is 9.10 Å². The summed E-state index contributed by atoms with van der Waals surface area (Å²) in [4.78, 5) is 12.6. The number of carbonyl (C=O) groups is 1. The Kier molecular flexibility index (Phi) is 8.08. The van der Waals surface area contributed by atoms with E-state index in [0.29, 0.717) is 18.8 Å². The van der Waals surface area contributed by atoms with Gasteiger partial charge in [-0.05, 0) is 62.9 Å². The number of hydrogen-bond acceptors (Lipinski definition) is 4. The minimum absolute atomic E-state index is 0.324. The van der Waals surface area contributed by atoms with Crippen LogP contribution in [0.2, 0.25) is 0 Å². The van der Waals surface area contributed by atoms with Crippen LogP contribution in [0, 0.1) is 6.92 Å². The van der Waals surface area contributed by atoms with E-state index in [9.17, 15) is 13.2 Å². The van der Waals surface area contributed by atoms with Crippen molar-refractivity contribution in [2.75, 3.05) is 23.7 Å². The smallest absolute Gasteiger partial charge is 0.243 e. The molecule has 1 N–H and O–H groups in total. The van der Waals surface area contributed by atoms with Crippen molar-refractivity contribution < 1.29 is 17.9 Å². The number of amides is 1. The molecule has 2 aromatic carbocycles. The van der Waals surface area contributed by atoms with Crippen molar-refractivity contribution in [1.29, 1.82) is 0 Å². The summed E-state index contributed by atoms with van der Waals surface area (Å²) in [6.45, 7) is 6.48. The number of anilines is 1. The number of ether oxygens (including phenoxy) is 1. The molecule has 6 nitrogen and oxygen atoms in total. The number of nitrogens with zero attached hydrogens (tertiary/aromatic N) is 1. The molecule has 0 aliphatic rings. The lowest BCUT2D eigenvalue weighted by molar-refractivity contribution is -0.121. The molecule has 2 aromatic rings. The summed E-state index contributed by atoms with van der Waals surface area (Å²) in [6, 6.07) is 14.1. The Balaban J connectivity index is 1.98. The molecule has 0 bridgehead atoms. The van der Waals surface area contributed by atoms with Crippen molar-refractivity contribution in [3.8, 4) is 5.75 Å². The van der Waals surface area contributed by atoms with Crippen LogP contribution in [0.1, 0.15) is 31.4 Å². The average Bonchev–Trinajstić information content (AvgIpc) is 2.65. The highest BCUT2D eigenvalue weighted by Gasteiger charge is 2.28. The molecule has 1 amide bonds. The first-order valence-corrected chi connectivity index (χ1v) is 11.6. The fraction of sp³-hybridized carbons (Fsp3) is 0.409. The first-order valence-electron chi connectivity index (χ1n) is 9.78. The number of aryl methyl sites for hydroxylation is 2. The molecule has 0 saturated carbocycles. The van der Waals surface area contributed by atoms with E-state index in [1.807, 2.05) is 44.2 Å². The summed E-state index contributed by atoms with van der Waals surface area (Å²) in [5.74, 6) is 0.535. The molecule has 7 heteroatoms. The van der Waals surface area contributed by atoms with E-state index in [-0.39, 0.29) is 5.91 Å². The zero-order valence-corrected chi connectivity index (χ0v) is 18.3. The standard InChI is InChI=1S/C22H30N2O4S/c1-5-28-21-14-7-6-11-19(21)12-9-15-23-22(25)18(3)24(29(4,26)27)20-13-8-10-17(2)16-20/h6-8,10-11,13-14,16,18H,5,9,12,15H2,1-4H3,(H,23,25). The monoisotopic (exact) mass is 418 g/mol. The van der Waals surface area contributed by atoms with E-state index in [1.165, 1.54) is 4.31 Å². The molecule has 0 radical (unpaired) electrons. The molecule has 0 aliphatic heterocycles. The Bertz CT molecular complexity index is 928. The molecular weight excluding hydrogens is 388 g/mol. The number of nitrogens with one attached hydrogen (secondary N) is 1. The van der Waals surface area contributed by atoms with Gasteiger partial charge in [0.25, 0.3) is 0 Å². The van der Waals surface area contributed by atoms with Crippen LogP contribution < -0.4 is 14.4 Å². The van der Waals surface area contributed by atoms with Gasteiger partial charge in [0.05, 0.1) is 18.6 Å². The number of carbonyl (C=O) groups excluding carboxylic acids is 1. The molecular formula is C22H30N2O4S. The van der Waals surface area contributed by atoms with Gasteiger partial charge in [-0.1, -0.05) is 30.3 Å². The van der Waals surface area contributed by atoms with Crippen molar-refractivity contribution in [2.24, 2.45) is 0 Å². The normalized spacial score (nSPS) is 12.3.